The Morgan fingerprint density at radius 3 is 2.48 bits per heavy atom. The maximum absolute atomic E-state index is 14.0. The van der Waals surface area contributed by atoms with Gasteiger partial charge in [0, 0.05) is 65.5 Å². The number of ether oxygens (including phenoxy) is 1. The number of piperazine rings is 1. The van der Waals surface area contributed by atoms with Crippen LogP contribution < -0.4 is 10.2 Å². The van der Waals surface area contributed by atoms with E-state index >= 15 is 0 Å². The number of anilines is 1. The Labute approximate surface area is 189 Å². The molecule has 29 heavy (non-hydrogen) atoms. The van der Waals surface area contributed by atoms with Gasteiger partial charge in [-0.1, -0.05) is 6.92 Å². The van der Waals surface area contributed by atoms with Crippen LogP contribution in [0.5, 0.6) is 0 Å². The second-order valence-corrected chi connectivity index (χ2v) is 7.52. The number of rotatable bonds is 5. The normalized spacial score (nSPS) is 19.7. The van der Waals surface area contributed by atoms with Crippen molar-refractivity contribution in [2.45, 2.75) is 6.92 Å². The summed E-state index contributed by atoms with van der Waals surface area (Å²) in [5, 5.41) is 3.47. The predicted molar refractivity (Wildman–Crippen MR) is 123 cm³/mol. The summed E-state index contributed by atoms with van der Waals surface area (Å²) in [6, 6.07) is 3.61. The summed E-state index contributed by atoms with van der Waals surface area (Å²) in [6.07, 6.45) is 0. The smallest absolute Gasteiger partial charge is 0.193 e. The number of nitrogens with one attached hydrogen (secondary N) is 1. The lowest BCUT2D eigenvalue weighted by Gasteiger charge is -2.38. The molecule has 0 aromatic heterocycles. The summed E-state index contributed by atoms with van der Waals surface area (Å²) in [5.74, 6) is 0.575. The van der Waals surface area contributed by atoms with Crippen molar-refractivity contribution in [2.75, 3.05) is 77.5 Å². The van der Waals surface area contributed by atoms with Crippen LogP contribution in [0.4, 0.5) is 14.5 Å². The number of nitrogens with zero attached hydrogens (tertiary/aromatic N) is 4. The first kappa shape index (κ1) is 24.1. The van der Waals surface area contributed by atoms with Crippen LogP contribution in [0.25, 0.3) is 0 Å². The molecule has 0 spiro atoms. The first-order valence-electron chi connectivity index (χ1n) is 10.0. The summed E-state index contributed by atoms with van der Waals surface area (Å²) in [7, 11) is 1.79. The van der Waals surface area contributed by atoms with Gasteiger partial charge in [-0.05, 0) is 18.1 Å². The van der Waals surface area contributed by atoms with Crippen molar-refractivity contribution in [1.29, 1.82) is 0 Å². The van der Waals surface area contributed by atoms with Crippen molar-refractivity contribution in [1.82, 2.24) is 15.1 Å². The van der Waals surface area contributed by atoms with Crippen LogP contribution in [0.2, 0.25) is 0 Å². The number of benzene rings is 1. The highest BCUT2D eigenvalue weighted by Crippen LogP contribution is 2.21. The maximum Gasteiger partial charge on any atom is 0.193 e. The van der Waals surface area contributed by atoms with Crippen molar-refractivity contribution in [3.05, 3.63) is 29.8 Å². The molecule has 6 nitrogen and oxygen atoms in total. The molecule has 2 heterocycles. The minimum atomic E-state index is -0.412. The highest BCUT2D eigenvalue weighted by atomic mass is 127. The van der Waals surface area contributed by atoms with Crippen LogP contribution in [0.15, 0.2) is 23.2 Å². The largest absolute Gasteiger partial charge is 0.379 e. The van der Waals surface area contributed by atoms with Crippen LogP contribution in [0.3, 0.4) is 0 Å². The van der Waals surface area contributed by atoms with Crippen LogP contribution in [-0.2, 0) is 4.74 Å². The van der Waals surface area contributed by atoms with E-state index in [0.29, 0.717) is 37.8 Å². The number of halogens is 3. The lowest BCUT2D eigenvalue weighted by Crippen LogP contribution is -2.53. The maximum atomic E-state index is 14.0. The van der Waals surface area contributed by atoms with E-state index in [-0.39, 0.29) is 29.8 Å². The van der Waals surface area contributed by atoms with Gasteiger partial charge in [0.05, 0.1) is 18.9 Å². The third-order valence-corrected chi connectivity index (χ3v) is 5.32. The lowest BCUT2D eigenvalue weighted by molar-refractivity contribution is 0.0320. The average Bonchev–Trinajstić information content (AvgIpc) is 2.71. The van der Waals surface area contributed by atoms with Gasteiger partial charge in [-0.3, -0.25) is 9.89 Å². The molecular weight excluding hydrogens is 491 g/mol. The van der Waals surface area contributed by atoms with Gasteiger partial charge in [0.2, 0.25) is 0 Å². The Bertz CT molecular complexity index is 664. The molecule has 164 valence electrons. The molecule has 1 unspecified atom stereocenters. The van der Waals surface area contributed by atoms with Crippen molar-refractivity contribution < 1.29 is 13.5 Å². The Morgan fingerprint density at radius 1 is 1.14 bits per heavy atom. The molecule has 3 rings (SSSR count). The minimum absolute atomic E-state index is 0. The molecule has 0 aliphatic carbocycles. The van der Waals surface area contributed by atoms with E-state index in [1.165, 1.54) is 12.1 Å². The van der Waals surface area contributed by atoms with E-state index < -0.39 is 5.82 Å². The third-order valence-electron chi connectivity index (χ3n) is 5.32. The molecule has 0 saturated carbocycles. The number of guanidine groups is 1. The standard InChI is InChI=1S/C20H31F2N5O.HI/c1-16(15-25-9-11-28-12-10-25)14-24-20(23-2)27-7-5-26(6-8-27)19-13-17(21)3-4-18(19)22;/h3-4,13,16H,5-12,14-15H2,1-2H3,(H,23,24);1H. The first-order chi connectivity index (χ1) is 13.6. The summed E-state index contributed by atoms with van der Waals surface area (Å²) in [5.41, 5.74) is 0.335. The molecule has 0 bridgehead atoms. The van der Waals surface area contributed by atoms with Gasteiger partial charge in [0.15, 0.2) is 5.96 Å². The van der Waals surface area contributed by atoms with Gasteiger partial charge in [0.1, 0.15) is 11.6 Å². The topological polar surface area (TPSA) is 43.3 Å². The Hall–Kier alpha value is -1.20. The van der Waals surface area contributed by atoms with Gasteiger partial charge in [-0.15, -0.1) is 24.0 Å². The molecule has 1 aromatic carbocycles. The highest BCUT2D eigenvalue weighted by Gasteiger charge is 2.22. The molecular formula is C20H32F2IN5O. The first-order valence-corrected chi connectivity index (χ1v) is 10.0. The molecule has 0 radical (unpaired) electrons. The van der Waals surface area contributed by atoms with E-state index in [1.54, 1.807) is 7.05 Å². The molecule has 2 saturated heterocycles. The van der Waals surface area contributed by atoms with Crippen LogP contribution >= 0.6 is 24.0 Å². The average molecular weight is 523 g/mol. The van der Waals surface area contributed by atoms with Gasteiger partial charge in [0.25, 0.3) is 0 Å². The molecule has 0 amide bonds. The van der Waals surface area contributed by atoms with Gasteiger partial charge in [-0.25, -0.2) is 8.78 Å². The molecule has 2 aliphatic rings. The minimum Gasteiger partial charge on any atom is -0.379 e. The van der Waals surface area contributed by atoms with E-state index in [4.69, 9.17) is 4.74 Å². The van der Waals surface area contributed by atoms with Gasteiger partial charge < -0.3 is 19.9 Å². The van der Waals surface area contributed by atoms with E-state index in [1.807, 2.05) is 4.90 Å². The Kier molecular flexibility index (Phi) is 9.84. The Morgan fingerprint density at radius 2 is 1.83 bits per heavy atom. The van der Waals surface area contributed by atoms with Crippen LogP contribution in [-0.4, -0.2) is 88.4 Å². The molecule has 2 fully saturated rings. The molecule has 1 atom stereocenters. The number of hydrogen-bond acceptors (Lipinski definition) is 4. The zero-order valence-corrected chi connectivity index (χ0v) is 19.6. The van der Waals surface area contributed by atoms with Crippen molar-refractivity contribution in [3.8, 4) is 0 Å². The number of morpholine rings is 1. The molecule has 2 aliphatic heterocycles. The fourth-order valence-corrected chi connectivity index (χ4v) is 3.77. The van der Waals surface area contributed by atoms with Gasteiger partial charge in [-0.2, -0.15) is 0 Å². The fourth-order valence-electron chi connectivity index (χ4n) is 3.77. The lowest BCUT2D eigenvalue weighted by atomic mass is 10.1. The summed E-state index contributed by atoms with van der Waals surface area (Å²) < 4.78 is 32.9. The Balaban J connectivity index is 0.00000300. The quantitative estimate of drug-likeness (QED) is 0.365. The summed E-state index contributed by atoms with van der Waals surface area (Å²) >= 11 is 0. The molecule has 1 N–H and O–H groups in total. The van der Waals surface area contributed by atoms with Crippen LogP contribution in [0.1, 0.15) is 6.92 Å². The molecule has 1 aromatic rings. The monoisotopic (exact) mass is 523 g/mol. The van der Waals surface area contributed by atoms with Crippen molar-refractivity contribution >= 4 is 35.6 Å². The summed E-state index contributed by atoms with van der Waals surface area (Å²) in [6.45, 7) is 10.4. The number of aliphatic imine (C=N–C) groups is 1. The van der Waals surface area contributed by atoms with E-state index in [2.05, 4.69) is 27.0 Å². The second-order valence-electron chi connectivity index (χ2n) is 7.52. The predicted octanol–water partition coefficient (Wildman–Crippen LogP) is 2.25. The van der Waals surface area contributed by atoms with Gasteiger partial charge >= 0.3 is 0 Å². The molecule has 9 heteroatoms. The van der Waals surface area contributed by atoms with Crippen molar-refractivity contribution in [3.63, 3.8) is 0 Å². The SMILES string of the molecule is CN=C(NCC(C)CN1CCOCC1)N1CCN(c2cc(F)ccc2F)CC1.I. The highest BCUT2D eigenvalue weighted by molar-refractivity contribution is 14.0. The van der Waals surface area contributed by atoms with Crippen molar-refractivity contribution in [2.24, 2.45) is 10.9 Å². The van der Waals surface area contributed by atoms with E-state index in [0.717, 1.165) is 51.4 Å². The fraction of sp³-hybridized carbons (Fsp3) is 0.650. The third kappa shape index (κ3) is 6.92. The zero-order valence-electron chi connectivity index (χ0n) is 17.2. The zero-order chi connectivity index (χ0) is 19.9. The van der Waals surface area contributed by atoms with Crippen LogP contribution in [0, 0.1) is 17.6 Å². The summed E-state index contributed by atoms with van der Waals surface area (Å²) in [4.78, 5) is 10.9. The van der Waals surface area contributed by atoms with E-state index in [9.17, 15) is 8.78 Å². The second kappa shape index (κ2) is 11.8. The number of hydrogen-bond donors (Lipinski definition) is 1.